The summed E-state index contributed by atoms with van der Waals surface area (Å²) >= 11 is 1.55. The van der Waals surface area contributed by atoms with Crippen LogP contribution in [0.2, 0.25) is 0 Å². The molecule has 26 heavy (non-hydrogen) atoms. The molecule has 0 aliphatic heterocycles. The van der Waals surface area contributed by atoms with Crippen LogP contribution >= 0.6 is 11.3 Å². The first-order valence-electron chi connectivity index (χ1n) is 8.00. The molecule has 0 aliphatic carbocycles. The molecule has 128 valence electrons. The summed E-state index contributed by atoms with van der Waals surface area (Å²) in [5.41, 5.74) is 3.15. The van der Waals surface area contributed by atoms with Gasteiger partial charge in [-0.15, -0.1) is 0 Å². The number of hydrogen-bond donors (Lipinski definition) is 1. The van der Waals surface area contributed by atoms with Crippen LogP contribution in [-0.2, 0) is 0 Å². The SMILES string of the molecule is COc1cccc(C(=O)Nc2ccc(-c3nc4cccnc4s3)cc2)c1. The highest BCUT2D eigenvalue weighted by Crippen LogP contribution is 2.29. The van der Waals surface area contributed by atoms with E-state index in [0.29, 0.717) is 11.3 Å². The summed E-state index contributed by atoms with van der Waals surface area (Å²) in [7, 11) is 1.58. The third kappa shape index (κ3) is 3.27. The van der Waals surface area contributed by atoms with Crippen LogP contribution in [0.1, 0.15) is 10.4 Å². The highest BCUT2D eigenvalue weighted by Gasteiger charge is 2.09. The summed E-state index contributed by atoms with van der Waals surface area (Å²) < 4.78 is 5.15. The lowest BCUT2D eigenvalue weighted by molar-refractivity contribution is 0.102. The van der Waals surface area contributed by atoms with Crippen LogP contribution in [0.3, 0.4) is 0 Å². The molecule has 6 heteroatoms. The number of hydrogen-bond acceptors (Lipinski definition) is 5. The van der Waals surface area contributed by atoms with E-state index >= 15 is 0 Å². The third-order valence-electron chi connectivity index (χ3n) is 3.89. The molecule has 4 rings (SSSR count). The summed E-state index contributed by atoms with van der Waals surface area (Å²) in [6.07, 6.45) is 1.77. The predicted octanol–water partition coefficient (Wildman–Crippen LogP) is 4.62. The number of thiazole rings is 1. The van der Waals surface area contributed by atoms with Crippen molar-refractivity contribution < 1.29 is 9.53 Å². The minimum absolute atomic E-state index is 0.180. The van der Waals surface area contributed by atoms with Crippen LogP contribution in [0.25, 0.3) is 20.9 Å². The van der Waals surface area contributed by atoms with Crippen LogP contribution < -0.4 is 10.1 Å². The molecular weight excluding hydrogens is 346 g/mol. The van der Waals surface area contributed by atoms with Gasteiger partial charge >= 0.3 is 0 Å². The molecule has 0 fully saturated rings. The van der Waals surface area contributed by atoms with Crippen molar-refractivity contribution >= 4 is 33.3 Å². The fourth-order valence-corrected chi connectivity index (χ4v) is 3.47. The average molecular weight is 361 g/mol. The van der Waals surface area contributed by atoms with E-state index in [-0.39, 0.29) is 5.91 Å². The Balaban J connectivity index is 1.53. The minimum Gasteiger partial charge on any atom is -0.497 e. The molecule has 2 heterocycles. The summed E-state index contributed by atoms with van der Waals surface area (Å²) in [5.74, 6) is 0.471. The van der Waals surface area contributed by atoms with Gasteiger partial charge < -0.3 is 10.1 Å². The van der Waals surface area contributed by atoms with Crippen molar-refractivity contribution in [3.05, 3.63) is 72.4 Å². The lowest BCUT2D eigenvalue weighted by Gasteiger charge is -2.07. The molecule has 4 aromatic rings. The van der Waals surface area contributed by atoms with Crippen molar-refractivity contribution in [2.45, 2.75) is 0 Å². The zero-order valence-corrected chi connectivity index (χ0v) is 14.8. The number of aromatic nitrogens is 2. The smallest absolute Gasteiger partial charge is 0.255 e. The molecule has 0 radical (unpaired) electrons. The molecule has 0 saturated heterocycles. The number of carbonyl (C=O) groups excluding carboxylic acids is 1. The van der Waals surface area contributed by atoms with Crippen molar-refractivity contribution in [2.24, 2.45) is 0 Å². The van der Waals surface area contributed by atoms with E-state index in [0.717, 1.165) is 26.6 Å². The molecule has 0 spiro atoms. The minimum atomic E-state index is -0.180. The Hall–Kier alpha value is -3.25. The van der Waals surface area contributed by atoms with E-state index in [4.69, 9.17) is 4.74 Å². The van der Waals surface area contributed by atoms with Crippen molar-refractivity contribution in [2.75, 3.05) is 12.4 Å². The number of ether oxygens (including phenoxy) is 1. The second-order valence-electron chi connectivity index (χ2n) is 5.61. The van der Waals surface area contributed by atoms with Crippen molar-refractivity contribution in [1.29, 1.82) is 0 Å². The number of amides is 1. The number of nitrogens with zero attached hydrogens (tertiary/aromatic N) is 2. The van der Waals surface area contributed by atoms with Gasteiger partial charge in [-0.1, -0.05) is 17.4 Å². The highest BCUT2D eigenvalue weighted by molar-refractivity contribution is 7.21. The van der Waals surface area contributed by atoms with E-state index in [2.05, 4.69) is 15.3 Å². The first kappa shape index (κ1) is 16.2. The highest BCUT2D eigenvalue weighted by atomic mass is 32.1. The van der Waals surface area contributed by atoms with Gasteiger partial charge in [0.25, 0.3) is 5.91 Å². The molecule has 0 aliphatic rings. The van der Waals surface area contributed by atoms with Gasteiger partial charge in [-0.25, -0.2) is 9.97 Å². The van der Waals surface area contributed by atoms with Crippen LogP contribution in [0.5, 0.6) is 5.75 Å². The summed E-state index contributed by atoms with van der Waals surface area (Å²) in [4.78, 5) is 22.2. The second kappa shape index (κ2) is 6.93. The monoisotopic (exact) mass is 361 g/mol. The Bertz CT molecular complexity index is 1040. The number of pyridine rings is 1. The van der Waals surface area contributed by atoms with Crippen molar-refractivity contribution in [3.63, 3.8) is 0 Å². The summed E-state index contributed by atoms with van der Waals surface area (Å²) in [5, 5.41) is 3.80. The van der Waals surface area contributed by atoms with Gasteiger partial charge in [0, 0.05) is 23.0 Å². The number of nitrogens with one attached hydrogen (secondary N) is 1. The van der Waals surface area contributed by atoms with Crippen molar-refractivity contribution in [3.8, 4) is 16.3 Å². The molecule has 2 aromatic carbocycles. The predicted molar refractivity (Wildman–Crippen MR) is 104 cm³/mol. The number of methoxy groups -OCH3 is 1. The first-order chi connectivity index (χ1) is 12.7. The van der Waals surface area contributed by atoms with Gasteiger partial charge in [0.1, 0.15) is 21.1 Å². The fraction of sp³-hybridized carbons (Fsp3) is 0.0500. The molecule has 0 unspecified atom stereocenters. The van der Waals surface area contributed by atoms with E-state index in [1.165, 1.54) is 0 Å². The molecule has 1 amide bonds. The van der Waals surface area contributed by atoms with E-state index < -0.39 is 0 Å². The van der Waals surface area contributed by atoms with E-state index in [1.54, 1.807) is 48.9 Å². The van der Waals surface area contributed by atoms with Gasteiger partial charge in [0.05, 0.1) is 7.11 Å². The Morgan fingerprint density at radius 2 is 1.92 bits per heavy atom. The molecule has 0 atom stereocenters. The second-order valence-corrected chi connectivity index (χ2v) is 6.59. The van der Waals surface area contributed by atoms with Gasteiger partial charge in [-0.05, 0) is 54.6 Å². The Morgan fingerprint density at radius 1 is 1.08 bits per heavy atom. The summed E-state index contributed by atoms with van der Waals surface area (Å²) in [6.45, 7) is 0. The zero-order chi connectivity index (χ0) is 17.9. The maximum atomic E-state index is 12.4. The number of benzene rings is 2. The van der Waals surface area contributed by atoms with Crippen LogP contribution in [-0.4, -0.2) is 23.0 Å². The molecular formula is C20H15N3O2S. The van der Waals surface area contributed by atoms with Crippen LogP contribution in [0.15, 0.2) is 66.9 Å². The molecule has 0 bridgehead atoms. The molecule has 1 N–H and O–H groups in total. The molecule has 2 aromatic heterocycles. The average Bonchev–Trinajstić information content (AvgIpc) is 3.13. The Kier molecular flexibility index (Phi) is 4.33. The number of anilines is 1. The normalized spacial score (nSPS) is 10.7. The topological polar surface area (TPSA) is 64.1 Å². The molecule has 0 saturated carbocycles. The van der Waals surface area contributed by atoms with Gasteiger partial charge in [0.15, 0.2) is 0 Å². The van der Waals surface area contributed by atoms with Crippen LogP contribution in [0.4, 0.5) is 5.69 Å². The first-order valence-corrected chi connectivity index (χ1v) is 8.82. The largest absolute Gasteiger partial charge is 0.497 e. The van der Waals surface area contributed by atoms with E-state index in [1.807, 2.05) is 36.4 Å². The van der Waals surface area contributed by atoms with Gasteiger partial charge in [0.2, 0.25) is 0 Å². The lowest BCUT2D eigenvalue weighted by Crippen LogP contribution is -2.11. The van der Waals surface area contributed by atoms with Crippen LogP contribution in [0, 0.1) is 0 Å². The maximum absolute atomic E-state index is 12.4. The summed E-state index contributed by atoms with van der Waals surface area (Å²) in [6, 6.07) is 18.5. The van der Waals surface area contributed by atoms with E-state index in [9.17, 15) is 4.79 Å². The number of rotatable bonds is 4. The third-order valence-corrected chi connectivity index (χ3v) is 4.92. The zero-order valence-electron chi connectivity index (χ0n) is 14.0. The fourth-order valence-electron chi connectivity index (χ4n) is 2.56. The Morgan fingerprint density at radius 3 is 2.69 bits per heavy atom. The van der Waals surface area contributed by atoms with Gasteiger partial charge in [-0.3, -0.25) is 4.79 Å². The standard InChI is InChI=1S/C20H15N3O2S/c1-25-16-5-2-4-14(12-16)18(24)22-15-9-7-13(8-10-15)19-23-17-6-3-11-21-20(17)26-19/h2-12H,1H3,(H,22,24). The molecule has 5 nitrogen and oxygen atoms in total. The van der Waals surface area contributed by atoms with Crippen molar-refractivity contribution in [1.82, 2.24) is 9.97 Å². The number of carbonyl (C=O) groups is 1. The van der Waals surface area contributed by atoms with Gasteiger partial charge in [-0.2, -0.15) is 0 Å². The lowest BCUT2D eigenvalue weighted by atomic mass is 10.2. The Labute approximate surface area is 154 Å². The number of fused-ring (bicyclic) bond motifs is 1. The quantitative estimate of drug-likeness (QED) is 0.576. The maximum Gasteiger partial charge on any atom is 0.255 e.